The molecule has 0 aromatic heterocycles. The highest BCUT2D eigenvalue weighted by Crippen LogP contribution is 2.04. The Balaban J connectivity index is 4.13. The topological polar surface area (TPSA) is 62.4 Å². The maximum absolute atomic E-state index is 5.37. The van der Waals surface area contributed by atoms with Crippen molar-refractivity contribution in [2.75, 3.05) is 6.54 Å². The van der Waals surface area contributed by atoms with Crippen LogP contribution in [-0.4, -0.2) is 18.5 Å². The van der Waals surface area contributed by atoms with Crippen molar-refractivity contribution >= 4 is 5.96 Å². The molecule has 0 radical (unpaired) electrons. The van der Waals surface area contributed by atoms with Crippen LogP contribution in [0.3, 0.4) is 0 Å². The summed E-state index contributed by atoms with van der Waals surface area (Å²) in [4.78, 5) is 4.30. The molecule has 0 bridgehead atoms. The molecule has 0 spiro atoms. The molecule has 0 saturated carbocycles. The molecular weight excluding hydrogens is 176 g/mol. The number of hydrogen-bond acceptors (Lipinski definition) is 2. The first kappa shape index (κ1) is 13.2. The van der Waals surface area contributed by atoms with Crippen molar-refractivity contribution in [3.63, 3.8) is 0 Å². The van der Waals surface area contributed by atoms with Gasteiger partial charge in [-0.25, -0.2) is 5.84 Å². The van der Waals surface area contributed by atoms with Crippen LogP contribution in [0.5, 0.6) is 0 Å². The normalized spacial score (nSPS) is 14.3. The molecule has 84 valence electrons. The lowest BCUT2D eigenvalue weighted by Crippen LogP contribution is -2.48. The predicted octanol–water partition coefficient (Wildman–Crippen LogP) is 1.24. The van der Waals surface area contributed by atoms with Crippen molar-refractivity contribution in [1.29, 1.82) is 0 Å². The van der Waals surface area contributed by atoms with E-state index in [0.717, 1.165) is 19.4 Å². The number of rotatable bonds is 5. The molecule has 1 atom stereocenters. The number of nitrogens with two attached hydrogens (primary N) is 1. The van der Waals surface area contributed by atoms with Crippen molar-refractivity contribution in [2.24, 2.45) is 16.8 Å². The Bertz CT molecular complexity index is 166. The maximum Gasteiger partial charge on any atom is 0.205 e. The summed E-state index contributed by atoms with van der Waals surface area (Å²) >= 11 is 0. The highest BCUT2D eigenvalue weighted by Gasteiger charge is 2.11. The van der Waals surface area contributed by atoms with Crippen molar-refractivity contribution in [3.8, 4) is 0 Å². The predicted molar refractivity (Wildman–Crippen MR) is 62.0 cm³/mol. The minimum Gasteiger partial charge on any atom is -0.352 e. The molecule has 14 heavy (non-hydrogen) atoms. The zero-order valence-electron chi connectivity index (χ0n) is 9.80. The summed E-state index contributed by atoms with van der Waals surface area (Å²) in [6, 6.07) is 0.432. The van der Waals surface area contributed by atoms with Crippen molar-refractivity contribution < 1.29 is 0 Å². The van der Waals surface area contributed by atoms with Gasteiger partial charge < -0.3 is 5.32 Å². The summed E-state index contributed by atoms with van der Waals surface area (Å²) in [5, 5.41) is 3.30. The molecule has 0 aromatic rings. The Morgan fingerprint density at radius 1 is 1.36 bits per heavy atom. The fourth-order valence-electron chi connectivity index (χ4n) is 1.27. The van der Waals surface area contributed by atoms with Gasteiger partial charge in [-0.1, -0.05) is 27.7 Å². The van der Waals surface area contributed by atoms with E-state index in [2.05, 4.69) is 43.4 Å². The number of guanidine groups is 1. The Hall–Kier alpha value is -0.770. The van der Waals surface area contributed by atoms with Gasteiger partial charge in [-0.2, -0.15) is 0 Å². The standard InChI is InChI=1S/C10H24N4/c1-5-7-12-10(14-11)13-9(6-2)8(3)4/h8-9H,5-7,11H2,1-4H3,(H2,12,13,14). The number of hydrogen-bond donors (Lipinski definition) is 3. The highest BCUT2D eigenvalue weighted by atomic mass is 15.3. The lowest BCUT2D eigenvalue weighted by atomic mass is 10.0. The molecule has 0 aliphatic carbocycles. The summed E-state index contributed by atoms with van der Waals surface area (Å²) in [5.41, 5.74) is 2.60. The third-order valence-electron chi connectivity index (χ3n) is 2.20. The molecule has 0 fully saturated rings. The van der Waals surface area contributed by atoms with E-state index in [0.29, 0.717) is 17.9 Å². The second kappa shape index (κ2) is 7.62. The molecule has 0 heterocycles. The molecule has 4 nitrogen and oxygen atoms in total. The summed E-state index contributed by atoms with van der Waals surface area (Å²) < 4.78 is 0. The first-order valence-electron chi connectivity index (χ1n) is 5.43. The summed E-state index contributed by atoms with van der Waals surface area (Å²) in [6.45, 7) is 9.44. The van der Waals surface area contributed by atoms with Crippen molar-refractivity contribution in [2.45, 2.75) is 46.6 Å². The Kier molecular flexibility index (Phi) is 7.20. The van der Waals surface area contributed by atoms with Gasteiger partial charge >= 0.3 is 0 Å². The van der Waals surface area contributed by atoms with E-state index in [9.17, 15) is 0 Å². The molecule has 0 saturated heterocycles. The van der Waals surface area contributed by atoms with Crippen LogP contribution in [-0.2, 0) is 0 Å². The molecule has 0 rings (SSSR count). The quantitative estimate of drug-likeness (QED) is 0.271. The third kappa shape index (κ3) is 5.07. The van der Waals surface area contributed by atoms with Crippen LogP contribution in [0, 0.1) is 5.92 Å². The monoisotopic (exact) mass is 200 g/mol. The summed E-state index contributed by atoms with van der Waals surface area (Å²) in [6.07, 6.45) is 2.11. The number of nitrogens with one attached hydrogen (secondary N) is 2. The maximum atomic E-state index is 5.37. The Morgan fingerprint density at radius 3 is 2.36 bits per heavy atom. The number of aliphatic imine (C=N–C) groups is 1. The zero-order chi connectivity index (χ0) is 11.0. The lowest BCUT2D eigenvalue weighted by Gasteiger charge is -2.22. The van der Waals surface area contributed by atoms with Gasteiger partial charge in [0.2, 0.25) is 5.96 Å². The van der Waals surface area contributed by atoms with Gasteiger partial charge in [0.1, 0.15) is 0 Å². The van der Waals surface area contributed by atoms with E-state index >= 15 is 0 Å². The molecule has 0 aliphatic heterocycles. The molecule has 4 heteroatoms. The number of hydrazine groups is 1. The first-order chi connectivity index (χ1) is 6.65. The van der Waals surface area contributed by atoms with E-state index in [1.54, 1.807) is 0 Å². The SMILES string of the molecule is CCCN=C(NN)NC(CC)C(C)C. The third-order valence-corrected chi connectivity index (χ3v) is 2.20. The molecule has 0 aliphatic rings. The summed E-state index contributed by atoms with van der Waals surface area (Å²) in [7, 11) is 0. The smallest absolute Gasteiger partial charge is 0.205 e. The van der Waals surface area contributed by atoms with Crippen LogP contribution in [0.15, 0.2) is 4.99 Å². The Morgan fingerprint density at radius 2 is 2.00 bits per heavy atom. The van der Waals surface area contributed by atoms with Gasteiger partial charge in [-0.15, -0.1) is 0 Å². The highest BCUT2D eigenvalue weighted by molar-refractivity contribution is 5.79. The lowest BCUT2D eigenvalue weighted by molar-refractivity contribution is 0.436. The van der Waals surface area contributed by atoms with Gasteiger partial charge in [0.25, 0.3) is 0 Å². The summed E-state index contributed by atoms with van der Waals surface area (Å²) in [5.74, 6) is 6.66. The van der Waals surface area contributed by atoms with E-state index in [4.69, 9.17) is 5.84 Å². The van der Waals surface area contributed by atoms with E-state index < -0.39 is 0 Å². The average Bonchev–Trinajstić information content (AvgIpc) is 2.18. The minimum atomic E-state index is 0.432. The van der Waals surface area contributed by atoms with Crippen LogP contribution in [0.4, 0.5) is 0 Å². The van der Waals surface area contributed by atoms with Crippen LogP contribution in [0.1, 0.15) is 40.5 Å². The van der Waals surface area contributed by atoms with Crippen LogP contribution in [0.25, 0.3) is 0 Å². The average molecular weight is 200 g/mol. The van der Waals surface area contributed by atoms with Crippen LogP contribution >= 0.6 is 0 Å². The van der Waals surface area contributed by atoms with Crippen LogP contribution < -0.4 is 16.6 Å². The molecule has 1 unspecified atom stereocenters. The van der Waals surface area contributed by atoms with E-state index in [1.807, 2.05) is 0 Å². The van der Waals surface area contributed by atoms with Gasteiger partial charge in [-0.05, 0) is 18.8 Å². The van der Waals surface area contributed by atoms with Crippen molar-refractivity contribution in [1.82, 2.24) is 10.7 Å². The minimum absolute atomic E-state index is 0.432. The molecule has 0 aromatic carbocycles. The first-order valence-corrected chi connectivity index (χ1v) is 5.43. The molecular formula is C10H24N4. The van der Waals surface area contributed by atoms with Crippen molar-refractivity contribution in [3.05, 3.63) is 0 Å². The molecule has 4 N–H and O–H groups in total. The van der Waals surface area contributed by atoms with Gasteiger partial charge in [-0.3, -0.25) is 10.4 Å². The molecule has 0 amide bonds. The fourth-order valence-corrected chi connectivity index (χ4v) is 1.27. The zero-order valence-corrected chi connectivity index (χ0v) is 9.80. The van der Waals surface area contributed by atoms with E-state index in [1.165, 1.54) is 0 Å². The second-order valence-electron chi connectivity index (χ2n) is 3.78. The largest absolute Gasteiger partial charge is 0.352 e. The fraction of sp³-hybridized carbons (Fsp3) is 0.900. The number of nitrogens with zero attached hydrogens (tertiary/aromatic N) is 1. The second-order valence-corrected chi connectivity index (χ2v) is 3.78. The Labute approximate surface area is 87.3 Å². The van der Waals surface area contributed by atoms with Gasteiger partial charge in [0, 0.05) is 12.6 Å². The van der Waals surface area contributed by atoms with Crippen LogP contribution in [0.2, 0.25) is 0 Å². The van der Waals surface area contributed by atoms with Gasteiger partial charge in [0.05, 0.1) is 0 Å². The van der Waals surface area contributed by atoms with E-state index in [-0.39, 0.29) is 0 Å². The van der Waals surface area contributed by atoms with Gasteiger partial charge in [0.15, 0.2) is 0 Å².